The largest absolute Gasteiger partial charge is 0.497 e. The van der Waals surface area contributed by atoms with Crippen LogP contribution in [0.25, 0.3) is 11.3 Å². The summed E-state index contributed by atoms with van der Waals surface area (Å²) >= 11 is 5.76. The van der Waals surface area contributed by atoms with Gasteiger partial charge < -0.3 is 24.5 Å². The molecule has 4 aromatic rings. The van der Waals surface area contributed by atoms with Crippen molar-refractivity contribution in [2.75, 3.05) is 12.0 Å². The van der Waals surface area contributed by atoms with E-state index in [0.717, 1.165) is 28.3 Å². The molecular formula is C27H23N3O4S. The van der Waals surface area contributed by atoms with Crippen molar-refractivity contribution in [3.05, 3.63) is 102 Å². The molecule has 35 heavy (non-hydrogen) atoms. The van der Waals surface area contributed by atoms with Crippen LogP contribution in [0.4, 0.5) is 5.69 Å². The second-order valence-corrected chi connectivity index (χ2v) is 8.62. The molecule has 176 valence electrons. The fourth-order valence-corrected chi connectivity index (χ4v) is 4.76. The van der Waals surface area contributed by atoms with E-state index in [1.807, 2.05) is 66.4 Å². The number of rotatable bonds is 6. The van der Waals surface area contributed by atoms with E-state index < -0.39 is 5.97 Å². The lowest BCUT2D eigenvalue weighted by Gasteiger charge is -2.26. The number of anilines is 1. The van der Waals surface area contributed by atoms with Gasteiger partial charge in [0.1, 0.15) is 23.3 Å². The van der Waals surface area contributed by atoms with Gasteiger partial charge >= 0.3 is 5.97 Å². The van der Waals surface area contributed by atoms with Crippen LogP contribution in [0, 0.1) is 6.92 Å². The minimum atomic E-state index is -0.961. The van der Waals surface area contributed by atoms with Gasteiger partial charge in [0.15, 0.2) is 5.11 Å². The van der Waals surface area contributed by atoms with Crippen LogP contribution in [-0.2, 0) is 0 Å². The number of carboxylic acids is 1. The number of nitrogens with zero attached hydrogens (tertiary/aromatic N) is 2. The first-order valence-electron chi connectivity index (χ1n) is 11.0. The van der Waals surface area contributed by atoms with E-state index >= 15 is 0 Å². The van der Waals surface area contributed by atoms with Crippen molar-refractivity contribution in [3.8, 4) is 17.1 Å². The van der Waals surface area contributed by atoms with Crippen molar-refractivity contribution in [2.24, 2.45) is 0 Å². The van der Waals surface area contributed by atoms with E-state index in [2.05, 4.69) is 10.3 Å². The number of aromatic nitrogens is 1. The summed E-state index contributed by atoms with van der Waals surface area (Å²) < 4.78 is 11.8. The Morgan fingerprint density at radius 3 is 2.69 bits per heavy atom. The van der Waals surface area contributed by atoms with Crippen LogP contribution in [0.2, 0.25) is 0 Å². The van der Waals surface area contributed by atoms with Crippen molar-refractivity contribution in [1.29, 1.82) is 0 Å². The van der Waals surface area contributed by atoms with Crippen molar-refractivity contribution >= 4 is 29.0 Å². The predicted molar refractivity (Wildman–Crippen MR) is 137 cm³/mol. The summed E-state index contributed by atoms with van der Waals surface area (Å²) in [7, 11) is 1.63. The lowest BCUT2D eigenvalue weighted by molar-refractivity contribution is 0.0696. The van der Waals surface area contributed by atoms with Gasteiger partial charge in [-0.25, -0.2) is 4.79 Å². The number of furan rings is 1. The van der Waals surface area contributed by atoms with Gasteiger partial charge in [0.2, 0.25) is 0 Å². The summed E-state index contributed by atoms with van der Waals surface area (Å²) in [5.74, 6) is 1.11. The second kappa shape index (κ2) is 9.23. The third kappa shape index (κ3) is 4.24. The number of aromatic carboxylic acids is 1. The van der Waals surface area contributed by atoms with Crippen LogP contribution >= 0.6 is 12.2 Å². The highest BCUT2D eigenvalue weighted by Crippen LogP contribution is 2.43. The molecule has 2 unspecified atom stereocenters. The highest BCUT2D eigenvalue weighted by atomic mass is 32.1. The first-order chi connectivity index (χ1) is 17.0. The quantitative estimate of drug-likeness (QED) is 0.345. The lowest BCUT2D eigenvalue weighted by Crippen LogP contribution is -2.29. The average Bonchev–Trinajstić information content (AvgIpc) is 3.49. The number of carbonyl (C=O) groups is 1. The standard InChI is InChI=1S/C27H23N3O4S/c1-16-14-17(26(31)32)9-10-20(16)22-11-12-23(34-22)25-24(21-8-3-4-13-28-21)29-27(35)30(25)18-6-5-7-19(15-18)33-2/h3-15,24-25H,1-2H3,(H,29,35)(H,31,32). The minimum Gasteiger partial charge on any atom is -0.497 e. The van der Waals surface area contributed by atoms with Gasteiger partial charge in [-0.15, -0.1) is 0 Å². The maximum Gasteiger partial charge on any atom is 0.335 e. The number of hydrogen-bond donors (Lipinski definition) is 2. The maximum absolute atomic E-state index is 11.3. The number of ether oxygens (including phenoxy) is 1. The Labute approximate surface area is 208 Å². The Bertz CT molecular complexity index is 1400. The molecule has 8 heteroatoms. The van der Waals surface area contributed by atoms with Crippen molar-refractivity contribution in [3.63, 3.8) is 0 Å². The van der Waals surface area contributed by atoms with Gasteiger partial charge in [0.05, 0.1) is 24.4 Å². The Balaban J connectivity index is 1.59. The van der Waals surface area contributed by atoms with Crippen LogP contribution in [-0.4, -0.2) is 28.3 Å². The van der Waals surface area contributed by atoms with Crippen LogP contribution in [0.1, 0.15) is 39.5 Å². The van der Waals surface area contributed by atoms with E-state index in [-0.39, 0.29) is 17.6 Å². The molecule has 1 fully saturated rings. The highest BCUT2D eigenvalue weighted by molar-refractivity contribution is 7.80. The third-order valence-corrected chi connectivity index (χ3v) is 6.40. The fourth-order valence-electron chi connectivity index (χ4n) is 4.41. The number of nitrogens with one attached hydrogen (secondary N) is 1. The summed E-state index contributed by atoms with van der Waals surface area (Å²) in [5.41, 5.74) is 3.59. The number of methoxy groups -OCH3 is 1. The Hall–Kier alpha value is -4.17. The monoisotopic (exact) mass is 485 g/mol. The second-order valence-electron chi connectivity index (χ2n) is 8.23. The van der Waals surface area contributed by atoms with Crippen LogP contribution < -0.4 is 15.0 Å². The molecule has 1 saturated heterocycles. The van der Waals surface area contributed by atoms with E-state index in [0.29, 0.717) is 16.6 Å². The first kappa shape index (κ1) is 22.6. The third-order valence-electron chi connectivity index (χ3n) is 6.09. The number of benzene rings is 2. The van der Waals surface area contributed by atoms with Gasteiger partial charge in [-0.3, -0.25) is 4.98 Å². The van der Waals surface area contributed by atoms with E-state index in [1.54, 1.807) is 31.5 Å². The average molecular weight is 486 g/mol. The molecule has 1 aliphatic rings. The number of aryl methyl sites for hydroxylation is 1. The van der Waals surface area contributed by atoms with Gasteiger partial charge in [-0.2, -0.15) is 0 Å². The van der Waals surface area contributed by atoms with E-state index in [4.69, 9.17) is 21.4 Å². The minimum absolute atomic E-state index is 0.239. The van der Waals surface area contributed by atoms with Crippen molar-refractivity contribution in [1.82, 2.24) is 10.3 Å². The van der Waals surface area contributed by atoms with Crippen molar-refractivity contribution < 1.29 is 19.1 Å². The zero-order chi connectivity index (χ0) is 24.5. The van der Waals surface area contributed by atoms with Gasteiger partial charge in [0, 0.05) is 23.5 Å². The molecule has 2 aromatic carbocycles. The summed E-state index contributed by atoms with van der Waals surface area (Å²) in [6.07, 6.45) is 1.76. The number of hydrogen-bond acceptors (Lipinski definition) is 5. The van der Waals surface area contributed by atoms with E-state index in [9.17, 15) is 9.90 Å². The fraction of sp³-hybridized carbons (Fsp3) is 0.148. The van der Waals surface area contributed by atoms with Gasteiger partial charge in [0.25, 0.3) is 0 Å². The SMILES string of the molecule is COc1cccc(N2C(=S)NC(c3ccccn3)C2c2ccc(-c3ccc(C(=O)O)cc3C)o2)c1. The normalized spacial score (nSPS) is 17.3. The van der Waals surface area contributed by atoms with Crippen LogP contribution in [0.5, 0.6) is 5.75 Å². The number of pyridine rings is 1. The Morgan fingerprint density at radius 2 is 1.97 bits per heavy atom. The Kier molecular flexibility index (Phi) is 5.96. The molecule has 0 radical (unpaired) electrons. The first-order valence-corrected chi connectivity index (χ1v) is 11.5. The molecule has 2 atom stereocenters. The molecule has 0 saturated carbocycles. The topological polar surface area (TPSA) is 87.8 Å². The zero-order valence-electron chi connectivity index (χ0n) is 19.1. The van der Waals surface area contributed by atoms with Crippen LogP contribution in [0.15, 0.2) is 83.4 Å². The molecule has 5 rings (SSSR count). The zero-order valence-corrected chi connectivity index (χ0v) is 20.0. The molecule has 2 N–H and O–H groups in total. The number of carboxylic acid groups (broad SMARTS) is 1. The van der Waals surface area contributed by atoms with Crippen molar-refractivity contribution in [2.45, 2.75) is 19.0 Å². The summed E-state index contributed by atoms with van der Waals surface area (Å²) in [6, 6.07) is 21.8. The molecule has 0 aliphatic carbocycles. The lowest BCUT2D eigenvalue weighted by atomic mass is 10.0. The predicted octanol–water partition coefficient (Wildman–Crippen LogP) is 5.53. The van der Waals surface area contributed by atoms with E-state index in [1.165, 1.54) is 0 Å². The molecule has 1 aliphatic heterocycles. The summed E-state index contributed by atoms with van der Waals surface area (Å²) in [4.78, 5) is 17.9. The smallest absolute Gasteiger partial charge is 0.335 e. The summed E-state index contributed by atoms with van der Waals surface area (Å²) in [6.45, 7) is 1.87. The molecular weight excluding hydrogens is 462 g/mol. The molecule has 0 amide bonds. The number of thiocarbonyl (C=S) groups is 1. The van der Waals surface area contributed by atoms with Crippen LogP contribution in [0.3, 0.4) is 0 Å². The Morgan fingerprint density at radius 1 is 1.11 bits per heavy atom. The molecule has 0 bridgehead atoms. The molecule has 3 heterocycles. The molecule has 7 nitrogen and oxygen atoms in total. The molecule has 0 spiro atoms. The summed E-state index contributed by atoms with van der Waals surface area (Å²) in [5, 5.41) is 13.3. The maximum atomic E-state index is 11.3. The highest BCUT2D eigenvalue weighted by Gasteiger charge is 2.42. The van der Waals surface area contributed by atoms with Gasteiger partial charge in [-0.1, -0.05) is 18.2 Å². The molecule has 2 aromatic heterocycles. The van der Waals surface area contributed by atoms with Gasteiger partial charge in [-0.05, 0) is 73.2 Å².